The Hall–Kier alpha value is -0.460. The average molecular weight is 232 g/mol. The summed E-state index contributed by atoms with van der Waals surface area (Å²) in [5.74, 6) is 0. The fourth-order valence-electron chi connectivity index (χ4n) is 0.903. The minimum Gasteiger partial charge on any atom is -0.359 e. The van der Waals surface area contributed by atoms with Crippen LogP contribution >= 0.6 is 23.6 Å². The predicted molar refractivity (Wildman–Crippen MR) is 63.6 cm³/mol. The Balaban J connectivity index is 2.25. The molecule has 14 heavy (non-hydrogen) atoms. The smallest absolute Gasteiger partial charge is 0.204 e. The molecule has 0 atom stereocenters. The van der Waals surface area contributed by atoms with Gasteiger partial charge in [0, 0.05) is 19.1 Å². The molecule has 1 heterocycles. The lowest BCUT2D eigenvalue weighted by atomic mass is 10.3. The van der Waals surface area contributed by atoms with Crippen molar-refractivity contribution in [2.24, 2.45) is 0 Å². The maximum Gasteiger partial charge on any atom is 0.204 e. The molecule has 0 aromatic carbocycles. The summed E-state index contributed by atoms with van der Waals surface area (Å²) in [4.78, 5) is 2.28. The highest BCUT2D eigenvalue weighted by Crippen LogP contribution is 2.09. The first-order valence-corrected chi connectivity index (χ1v) is 5.81. The highest BCUT2D eigenvalue weighted by Gasteiger charge is 2.02. The van der Waals surface area contributed by atoms with Crippen LogP contribution in [-0.2, 0) is 0 Å². The third-order valence-corrected chi connectivity index (χ3v) is 3.11. The van der Waals surface area contributed by atoms with Crippen molar-refractivity contribution in [3.05, 3.63) is 3.95 Å². The Labute approximate surface area is 93.3 Å². The standard InChI is InChI=1S/C8H16N4S2/c1-6(2)12(3)5-4-9-7-10-11-8(13)14-7/h6H,4-5H2,1-3H3,(H,9,10)(H,11,13). The Kier molecular flexibility index (Phi) is 4.50. The molecule has 0 saturated carbocycles. The first kappa shape index (κ1) is 11.6. The Morgan fingerprint density at radius 3 is 2.86 bits per heavy atom. The van der Waals surface area contributed by atoms with E-state index in [1.54, 1.807) is 0 Å². The summed E-state index contributed by atoms with van der Waals surface area (Å²) >= 11 is 6.39. The average Bonchev–Trinajstić information content (AvgIpc) is 2.51. The van der Waals surface area contributed by atoms with Crippen LogP contribution in [0.5, 0.6) is 0 Å². The zero-order chi connectivity index (χ0) is 10.6. The van der Waals surface area contributed by atoms with Gasteiger partial charge in [-0.15, -0.1) is 5.10 Å². The molecule has 0 aliphatic rings. The van der Waals surface area contributed by atoms with Crippen molar-refractivity contribution in [2.45, 2.75) is 19.9 Å². The van der Waals surface area contributed by atoms with Gasteiger partial charge in [-0.2, -0.15) is 0 Å². The minimum absolute atomic E-state index is 0.578. The topological polar surface area (TPSA) is 44.0 Å². The Morgan fingerprint density at radius 2 is 2.36 bits per heavy atom. The first-order valence-electron chi connectivity index (χ1n) is 4.59. The normalized spacial score (nSPS) is 11.2. The maximum absolute atomic E-state index is 4.93. The zero-order valence-corrected chi connectivity index (χ0v) is 10.3. The number of aromatic amines is 1. The van der Waals surface area contributed by atoms with Gasteiger partial charge in [0.05, 0.1) is 0 Å². The Bertz CT molecular complexity index is 317. The summed E-state index contributed by atoms with van der Waals surface area (Å²) in [6, 6.07) is 0.578. The zero-order valence-electron chi connectivity index (χ0n) is 8.70. The molecule has 0 aliphatic heterocycles. The number of H-pyrrole nitrogens is 1. The molecule has 0 aliphatic carbocycles. The second kappa shape index (κ2) is 5.43. The van der Waals surface area contributed by atoms with Gasteiger partial charge in [0.25, 0.3) is 0 Å². The number of hydrogen-bond acceptors (Lipinski definition) is 5. The van der Waals surface area contributed by atoms with E-state index in [0.29, 0.717) is 10.00 Å². The first-order chi connectivity index (χ1) is 6.59. The predicted octanol–water partition coefficient (Wildman–Crippen LogP) is 1.95. The van der Waals surface area contributed by atoms with Gasteiger partial charge in [-0.1, -0.05) is 11.3 Å². The van der Waals surface area contributed by atoms with Crippen molar-refractivity contribution in [3.8, 4) is 0 Å². The van der Waals surface area contributed by atoms with Gasteiger partial charge >= 0.3 is 0 Å². The second-order valence-corrected chi connectivity index (χ2v) is 5.09. The molecule has 6 heteroatoms. The van der Waals surface area contributed by atoms with Crippen molar-refractivity contribution in [1.82, 2.24) is 15.1 Å². The van der Waals surface area contributed by atoms with Crippen molar-refractivity contribution in [1.29, 1.82) is 0 Å². The molecule has 1 aromatic heterocycles. The molecule has 0 radical (unpaired) electrons. The van der Waals surface area contributed by atoms with Gasteiger partial charge in [0.15, 0.2) is 3.95 Å². The van der Waals surface area contributed by atoms with Gasteiger partial charge in [-0.3, -0.25) is 5.10 Å². The number of nitrogens with one attached hydrogen (secondary N) is 2. The molecule has 4 nitrogen and oxygen atoms in total. The van der Waals surface area contributed by atoms with E-state index in [0.717, 1.165) is 18.2 Å². The molecule has 80 valence electrons. The quantitative estimate of drug-likeness (QED) is 0.762. The lowest BCUT2D eigenvalue weighted by Crippen LogP contribution is -2.31. The molecule has 0 fully saturated rings. The lowest BCUT2D eigenvalue weighted by Gasteiger charge is -2.20. The van der Waals surface area contributed by atoms with Crippen LogP contribution in [0.2, 0.25) is 0 Å². The van der Waals surface area contributed by atoms with Crippen molar-refractivity contribution >= 4 is 28.7 Å². The number of hydrogen-bond donors (Lipinski definition) is 2. The highest BCUT2D eigenvalue weighted by atomic mass is 32.1. The van der Waals surface area contributed by atoms with E-state index in [-0.39, 0.29) is 0 Å². The second-order valence-electron chi connectivity index (χ2n) is 3.42. The fourth-order valence-corrected chi connectivity index (χ4v) is 1.72. The third kappa shape index (κ3) is 3.73. The van der Waals surface area contributed by atoms with Gasteiger partial charge in [0.2, 0.25) is 5.13 Å². The van der Waals surface area contributed by atoms with Crippen LogP contribution in [0, 0.1) is 3.95 Å². The van der Waals surface area contributed by atoms with Crippen LogP contribution in [0.25, 0.3) is 0 Å². The molecule has 0 unspecified atom stereocenters. The van der Waals surface area contributed by atoms with Crippen LogP contribution in [-0.4, -0.2) is 41.3 Å². The van der Waals surface area contributed by atoms with E-state index < -0.39 is 0 Å². The number of likely N-dealkylation sites (N-methyl/N-ethyl adjacent to an activating group) is 1. The highest BCUT2D eigenvalue weighted by molar-refractivity contribution is 7.73. The van der Waals surface area contributed by atoms with Gasteiger partial charge in [-0.25, -0.2) is 0 Å². The SMILES string of the molecule is CC(C)N(C)CCNc1n[nH]c(=S)s1. The van der Waals surface area contributed by atoms with E-state index in [2.05, 4.69) is 41.3 Å². The van der Waals surface area contributed by atoms with Gasteiger partial charge < -0.3 is 10.2 Å². The van der Waals surface area contributed by atoms with Gasteiger partial charge in [-0.05, 0) is 33.1 Å². The van der Waals surface area contributed by atoms with Crippen molar-refractivity contribution < 1.29 is 0 Å². The molecule has 2 N–H and O–H groups in total. The number of rotatable bonds is 5. The molecule has 0 spiro atoms. The number of aromatic nitrogens is 2. The summed E-state index contributed by atoms with van der Waals surface area (Å²) in [5, 5.41) is 10.8. The van der Waals surface area contributed by atoms with E-state index in [9.17, 15) is 0 Å². The van der Waals surface area contributed by atoms with Crippen LogP contribution in [0.1, 0.15) is 13.8 Å². The molecule has 0 bridgehead atoms. The number of nitrogens with zero attached hydrogens (tertiary/aromatic N) is 2. The molecule has 0 amide bonds. The number of anilines is 1. The minimum atomic E-state index is 0.578. The largest absolute Gasteiger partial charge is 0.359 e. The van der Waals surface area contributed by atoms with Crippen molar-refractivity contribution in [3.63, 3.8) is 0 Å². The van der Waals surface area contributed by atoms with Crippen LogP contribution in [0.4, 0.5) is 5.13 Å². The summed E-state index contributed by atoms with van der Waals surface area (Å²) in [6.45, 7) is 6.26. The molecule has 1 rings (SSSR count). The molecule has 1 aromatic rings. The van der Waals surface area contributed by atoms with Crippen LogP contribution < -0.4 is 5.32 Å². The third-order valence-electron chi connectivity index (χ3n) is 2.06. The molecular formula is C8H16N4S2. The van der Waals surface area contributed by atoms with Crippen LogP contribution in [0.3, 0.4) is 0 Å². The van der Waals surface area contributed by atoms with Crippen molar-refractivity contribution in [2.75, 3.05) is 25.5 Å². The van der Waals surface area contributed by atoms with E-state index in [4.69, 9.17) is 12.2 Å². The monoisotopic (exact) mass is 232 g/mol. The van der Waals surface area contributed by atoms with E-state index in [1.165, 1.54) is 11.3 Å². The Morgan fingerprint density at radius 1 is 1.64 bits per heavy atom. The summed E-state index contributed by atoms with van der Waals surface area (Å²) in [6.07, 6.45) is 0. The molecule has 0 saturated heterocycles. The maximum atomic E-state index is 4.93. The van der Waals surface area contributed by atoms with Crippen LogP contribution in [0.15, 0.2) is 0 Å². The lowest BCUT2D eigenvalue weighted by molar-refractivity contribution is 0.284. The van der Waals surface area contributed by atoms with Gasteiger partial charge in [0.1, 0.15) is 0 Å². The van der Waals surface area contributed by atoms with E-state index in [1.807, 2.05) is 0 Å². The summed E-state index contributed by atoms with van der Waals surface area (Å²) in [5.41, 5.74) is 0. The fraction of sp³-hybridized carbons (Fsp3) is 0.750. The summed E-state index contributed by atoms with van der Waals surface area (Å²) in [7, 11) is 2.11. The molecular weight excluding hydrogens is 216 g/mol. The summed E-state index contributed by atoms with van der Waals surface area (Å²) < 4.78 is 0.713. The van der Waals surface area contributed by atoms with E-state index >= 15 is 0 Å².